The molecule has 2 rings (SSSR count). The molecule has 0 aliphatic carbocycles. The third kappa shape index (κ3) is 4.02. The summed E-state index contributed by atoms with van der Waals surface area (Å²) in [5, 5.41) is 14.5. The van der Waals surface area contributed by atoms with Gasteiger partial charge in [0.15, 0.2) is 0 Å². The number of anilines is 1. The van der Waals surface area contributed by atoms with Crippen molar-refractivity contribution in [1.29, 1.82) is 5.26 Å². The largest absolute Gasteiger partial charge is 0.382 e. The van der Waals surface area contributed by atoms with Crippen molar-refractivity contribution in [1.82, 2.24) is 10.3 Å². The fourth-order valence-electron chi connectivity index (χ4n) is 1.80. The Morgan fingerprint density at radius 1 is 1.36 bits per heavy atom. The molecule has 0 saturated carbocycles. The molecule has 0 unspecified atom stereocenters. The van der Waals surface area contributed by atoms with Crippen molar-refractivity contribution < 1.29 is 9.18 Å². The minimum atomic E-state index is -0.572. The summed E-state index contributed by atoms with van der Waals surface area (Å²) in [5.41, 5.74) is 0.809. The van der Waals surface area contributed by atoms with E-state index in [1.165, 1.54) is 18.3 Å². The second-order valence-corrected chi connectivity index (χ2v) is 5.26. The van der Waals surface area contributed by atoms with Crippen LogP contribution in [0.1, 0.15) is 15.9 Å². The molecule has 0 aliphatic heterocycles. The maximum Gasteiger partial charge on any atom is 0.252 e. The summed E-state index contributed by atoms with van der Waals surface area (Å²) >= 11 is 3.24. The molecule has 0 spiro atoms. The number of nitrogens with zero attached hydrogens (tertiary/aromatic N) is 2. The van der Waals surface area contributed by atoms with E-state index in [4.69, 9.17) is 5.26 Å². The number of aromatic nitrogens is 1. The SMILES string of the molecule is N#Cc1c(F)cccc1NCCNC(=O)c1cncc(Br)c1. The van der Waals surface area contributed by atoms with Gasteiger partial charge in [0.2, 0.25) is 0 Å². The predicted octanol–water partition coefficient (Wildman–Crippen LogP) is 2.70. The van der Waals surface area contributed by atoms with Gasteiger partial charge >= 0.3 is 0 Å². The molecule has 0 bridgehead atoms. The van der Waals surface area contributed by atoms with Crippen LogP contribution in [0.2, 0.25) is 0 Å². The van der Waals surface area contributed by atoms with Crippen molar-refractivity contribution in [2.45, 2.75) is 0 Å². The van der Waals surface area contributed by atoms with Gasteiger partial charge in [-0.3, -0.25) is 9.78 Å². The lowest BCUT2D eigenvalue weighted by Gasteiger charge is -2.09. The van der Waals surface area contributed by atoms with Gasteiger partial charge < -0.3 is 10.6 Å². The topological polar surface area (TPSA) is 77.8 Å². The summed E-state index contributed by atoms with van der Waals surface area (Å²) in [6.07, 6.45) is 3.06. The number of hydrogen-bond donors (Lipinski definition) is 2. The average Bonchev–Trinajstić information content (AvgIpc) is 2.51. The van der Waals surface area contributed by atoms with Crippen LogP contribution in [0.5, 0.6) is 0 Å². The van der Waals surface area contributed by atoms with Crippen LogP contribution < -0.4 is 10.6 Å². The second kappa shape index (κ2) is 7.52. The molecule has 2 aromatic rings. The lowest BCUT2D eigenvalue weighted by molar-refractivity contribution is 0.0954. The van der Waals surface area contributed by atoms with Gasteiger partial charge in [-0.05, 0) is 34.1 Å². The monoisotopic (exact) mass is 362 g/mol. The fourth-order valence-corrected chi connectivity index (χ4v) is 2.16. The van der Waals surface area contributed by atoms with Crippen molar-refractivity contribution >= 4 is 27.5 Å². The first-order valence-corrected chi connectivity index (χ1v) is 7.22. The smallest absolute Gasteiger partial charge is 0.252 e. The van der Waals surface area contributed by atoms with Gasteiger partial charge in [-0.2, -0.15) is 5.26 Å². The van der Waals surface area contributed by atoms with E-state index >= 15 is 0 Å². The average molecular weight is 363 g/mol. The lowest BCUT2D eigenvalue weighted by Crippen LogP contribution is -2.29. The normalized spacial score (nSPS) is 9.86. The van der Waals surface area contributed by atoms with E-state index in [2.05, 4.69) is 31.5 Å². The highest BCUT2D eigenvalue weighted by Crippen LogP contribution is 2.17. The van der Waals surface area contributed by atoms with E-state index in [0.717, 1.165) is 4.47 Å². The quantitative estimate of drug-likeness (QED) is 0.801. The van der Waals surface area contributed by atoms with Crippen LogP contribution in [0.15, 0.2) is 41.1 Å². The number of nitrogens with one attached hydrogen (secondary N) is 2. The third-order valence-electron chi connectivity index (χ3n) is 2.82. The number of hydrogen-bond acceptors (Lipinski definition) is 4. The Bertz CT molecular complexity index is 730. The molecule has 0 aliphatic rings. The van der Waals surface area contributed by atoms with Crippen molar-refractivity contribution in [3.05, 3.63) is 58.1 Å². The van der Waals surface area contributed by atoms with E-state index in [0.29, 0.717) is 24.3 Å². The first-order valence-electron chi connectivity index (χ1n) is 6.43. The Morgan fingerprint density at radius 2 is 2.18 bits per heavy atom. The second-order valence-electron chi connectivity index (χ2n) is 4.35. The van der Waals surface area contributed by atoms with Crippen LogP contribution >= 0.6 is 15.9 Å². The minimum absolute atomic E-state index is 0.0370. The summed E-state index contributed by atoms with van der Waals surface area (Å²) in [5.74, 6) is -0.827. The highest BCUT2D eigenvalue weighted by Gasteiger charge is 2.08. The number of nitriles is 1. The Labute approximate surface area is 135 Å². The van der Waals surface area contributed by atoms with Gasteiger partial charge in [-0.15, -0.1) is 0 Å². The lowest BCUT2D eigenvalue weighted by atomic mass is 10.2. The Morgan fingerprint density at radius 3 is 2.91 bits per heavy atom. The van der Waals surface area contributed by atoms with Crippen molar-refractivity contribution in [2.75, 3.05) is 18.4 Å². The van der Waals surface area contributed by atoms with Crippen LogP contribution in [0.4, 0.5) is 10.1 Å². The minimum Gasteiger partial charge on any atom is -0.382 e. The molecule has 2 N–H and O–H groups in total. The molecule has 22 heavy (non-hydrogen) atoms. The van der Waals surface area contributed by atoms with E-state index in [1.54, 1.807) is 18.3 Å². The predicted molar refractivity (Wildman–Crippen MR) is 83.9 cm³/mol. The Balaban J connectivity index is 1.87. The third-order valence-corrected chi connectivity index (χ3v) is 3.25. The number of halogens is 2. The molecule has 5 nitrogen and oxygen atoms in total. The standard InChI is InChI=1S/C15H12BrFN4O/c16-11-6-10(8-19-9-11)15(22)21-5-4-20-14-3-1-2-13(17)12(14)7-18/h1-3,6,8-9,20H,4-5H2,(H,21,22). The maximum atomic E-state index is 13.4. The summed E-state index contributed by atoms with van der Waals surface area (Å²) in [6, 6.07) is 7.83. The summed E-state index contributed by atoms with van der Waals surface area (Å²) in [4.78, 5) is 15.8. The van der Waals surface area contributed by atoms with Crippen molar-refractivity contribution in [2.24, 2.45) is 0 Å². The van der Waals surface area contributed by atoms with Gasteiger partial charge in [0.25, 0.3) is 5.91 Å². The number of carbonyl (C=O) groups excluding carboxylic acids is 1. The van der Waals surface area contributed by atoms with Crippen molar-refractivity contribution in [3.8, 4) is 6.07 Å². The molecule has 7 heteroatoms. The van der Waals surface area contributed by atoms with Crippen LogP contribution in [0.3, 0.4) is 0 Å². The van der Waals surface area contributed by atoms with Gasteiger partial charge in [0.05, 0.1) is 11.3 Å². The zero-order chi connectivity index (χ0) is 15.9. The number of benzene rings is 1. The molecule has 1 amide bonds. The molecule has 0 saturated heterocycles. The molecule has 112 valence electrons. The van der Waals surface area contributed by atoms with E-state index < -0.39 is 5.82 Å². The summed E-state index contributed by atoms with van der Waals surface area (Å²) in [6.45, 7) is 0.692. The number of carbonyl (C=O) groups is 1. The van der Waals surface area contributed by atoms with E-state index in [1.807, 2.05) is 6.07 Å². The molecule has 1 heterocycles. The van der Waals surface area contributed by atoms with Gasteiger partial charge in [0, 0.05) is 30.0 Å². The molecular formula is C15H12BrFN4O. The highest BCUT2D eigenvalue weighted by molar-refractivity contribution is 9.10. The van der Waals surface area contributed by atoms with Crippen LogP contribution in [-0.4, -0.2) is 24.0 Å². The molecule has 0 atom stereocenters. The first kappa shape index (κ1) is 15.9. The maximum absolute atomic E-state index is 13.4. The first-order chi connectivity index (χ1) is 10.6. The van der Waals surface area contributed by atoms with Gasteiger partial charge in [0.1, 0.15) is 17.4 Å². The summed E-state index contributed by atoms with van der Waals surface area (Å²) in [7, 11) is 0. The van der Waals surface area contributed by atoms with Crippen LogP contribution in [0, 0.1) is 17.1 Å². The summed E-state index contributed by atoms with van der Waals surface area (Å²) < 4.78 is 14.1. The molecule has 0 radical (unpaired) electrons. The van der Waals surface area contributed by atoms with Gasteiger partial charge in [-0.1, -0.05) is 6.07 Å². The number of rotatable bonds is 5. The molecule has 0 fully saturated rings. The molecular weight excluding hydrogens is 351 g/mol. The number of amides is 1. The van der Waals surface area contributed by atoms with E-state index in [-0.39, 0.29) is 11.5 Å². The zero-order valence-electron chi connectivity index (χ0n) is 11.4. The van der Waals surface area contributed by atoms with Crippen LogP contribution in [0.25, 0.3) is 0 Å². The Kier molecular flexibility index (Phi) is 5.44. The van der Waals surface area contributed by atoms with Gasteiger partial charge in [-0.25, -0.2) is 4.39 Å². The molecule has 1 aromatic carbocycles. The Hall–Kier alpha value is -2.46. The fraction of sp³-hybridized carbons (Fsp3) is 0.133. The van der Waals surface area contributed by atoms with Crippen LogP contribution in [-0.2, 0) is 0 Å². The molecule has 1 aromatic heterocycles. The zero-order valence-corrected chi connectivity index (χ0v) is 13.0. The van der Waals surface area contributed by atoms with Crippen molar-refractivity contribution in [3.63, 3.8) is 0 Å². The highest BCUT2D eigenvalue weighted by atomic mass is 79.9. The number of pyridine rings is 1. The van der Waals surface area contributed by atoms with E-state index in [9.17, 15) is 9.18 Å².